The van der Waals surface area contributed by atoms with E-state index in [9.17, 15) is 18.0 Å². The molecule has 2 N–H and O–H groups in total. The SMILES string of the molecule is CNC(=O)[C@H](Cc1ccccc1C(F)(F)F)NCc1ccc(-c2ccc3c(c2)CCO3)c(OC)c1. The van der Waals surface area contributed by atoms with Gasteiger partial charge < -0.3 is 20.1 Å². The Morgan fingerprint density at radius 2 is 1.91 bits per heavy atom. The van der Waals surface area contributed by atoms with Crippen LogP contribution < -0.4 is 20.1 Å². The highest BCUT2D eigenvalue weighted by molar-refractivity contribution is 5.82. The van der Waals surface area contributed by atoms with Gasteiger partial charge >= 0.3 is 6.18 Å². The first kappa shape index (κ1) is 24.6. The van der Waals surface area contributed by atoms with E-state index in [0.717, 1.165) is 40.5 Å². The molecule has 1 atom stereocenters. The van der Waals surface area contributed by atoms with Crippen molar-refractivity contribution in [2.24, 2.45) is 0 Å². The molecular formula is C27H27F3N2O3. The van der Waals surface area contributed by atoms with Crippen molar-refractivity contribution in [1.29, 1.82) is 0 Å². The fraction of sp³-hybridized carbons (Fsp3) is 0.296. The maximum absolute atomic E-state index is 13.4. The van der Waals surface area contributed by atoms with E-state index >= 15 is 0 Å². The number of halogens is 3. The molecule has 1 heterocycles. The van der Waals surface area contributed by atoms with Gasteiger partial charge in [-0.2, -0.15) is 13.2 Å². The maximum Gasteiger partial charge on any atom is 0.416 e. The fourth-order valence-corrected chi connectivity index (χ4v) is 4.31. The molecule has 8 heteroatoms. The first-order valence-corrected chi connectivity index (χ1v) is 11.3. The van der Waals surface area contributed by atoms with Crippen molar-refractivity contribution in [1.82, 2.24) is 10.6 Å². The van der Waals surface area contributed by atoms with Gasteiger partial charge in [-0.25, -0.2) is 0 Å². The summed E-state index contributed by atoms with van der Waals surface area (Å²) in [4.78, 5) is 12.5. The topological polar surface area (TPSA) is 59.6 Å². The van der Waals surface area contributed by atoms with Crippen LogP contribution in [-0.4, -0.2) is 32.7 Å². The lowest BCUT2D eigenvalue weighted by atomic mass is 9.98. The van der Waals surface area contributed by atoms with Gasteiger partial charge in [-0.15, -0.1) is 0 Å². The van der Waals surface area contributed by atoms with E-state index in [4.69, 9.17) is 9.47 Å². The minimum Gasteiger partial charge on any atom is -0.496 e. The van der Waals surface area contributed by atoms with Crippen LogP contribution in [-0.2, 0) is 30.4 Å². The highest BCUT2D eigenvalue weighted by Gasteiger charge is 2.34. The molecule has 0 saturated heterocycles. The number of amides is 1. The van der Waals surface area contributed by atoms with Crippen molar-refractivity contribution in [3.8, 4) is 22.6 Å². The smallest absolute Gasteiger partial charge is 0.416 e. The van der Waals surface area contributed by atoms with Crippen LogP contribution in [0.5, 0.6) is 11.5 Å². The van der Waals surface area contributed by atoms with Crippen LogP contribution in [0.3, 0.4) is 0 Å². The molecule has 0 spiro atoms. The van der Waals surface area contributed by atoms with E-state index in [-0.39, 0.29) is 24.4 Å². The van der Waals surface area contributed by atoms with Crippen molar-refractivity contribution in [3.05, 3.63) is 82.9 Å². The van der Waals surface area contributed by atoms with Crippen LogP contribution in [0.25, 0.3) is 11.1 Å². The summed E-state index contributed by atoms with van der Waals surface area (Å²) >= 11 is 0. The molecule has 0 bridgehead atoms. The number of methoxy groups -OCH3 is 1. The summed E-state index contributed by atoms with van der Waals surface area (Å²) in [5.74, 6) is 1.19. The van der Waals surface area contributed by atoms with Gasteiger partial charge in [0.25, 0.3) is 0 Å². The molecule has 4 rings (SSSR count). The summed E-state index contributed by atoms with van der Waals surface area (Å²) in [5, 5.41) is 5.64. The molecular weight excluding hydrogens is 457 g/mol. The third-order valence-corrected chi connectivity index (χ3v) is 6.13. The highest BCUT2D eigenvalue weighted by Crippen LogP contribution is 2.36. The number of nitrogens with one attached hydrogen (secondary N) is 2. The van der Waals surface area contributed by atoms with Crippen molar-refractivity contribution in [2.45, 2.75) is 31.6 Å². The number of alkyl halides is 3. The van der Waals surface area contributed by atoms with Crippen molar-refractivity contribution < 1.29 is 27.4 Å². The second kappa shape index (κ2) is 10.4. The van der Waals surface area contributed by atoms with E-state index in [2.05, 4.69) is 16.7 Å². The Morgan fingerprint density at radius 3 is 2.66 bits per heavy atom. The van der Waals surface area contributed by atoms with Crippen LogP contribution >= 0.6 is 0 Å². The number of benzene rings is 3. The van der Waals surface area contributed by atoms with Crippen LogP contribution in [0.15, 0.2) is 60.7 Å². The molecule has 35 heavy (non-hydrogen) atoms. The zero-order chi connectivity index (χ0) is 25.0. The summed E-state index contributed by atoms with van der Waals surface area (Å²) in [5.41, 5.74) is 3.26. The van der Waals surface area contributed by atoms with Crippen LogP contribution in [0.1, 0.15) is 22.3 Å². The zero-order valence-electron chi connectivity index (χ0n) is 19.5. The molecule has 1 aliphatic heterocycles. The average molecular weight is 485 g/mol. The summed E-state index contributed by atoms with van der Waals surface area (Å²) in [7, 11) is 3.06. The van der Waals surface area contributed by atoms with Gasteiger partial charge in [0.05, 0.1) is 25.3 Å². The van der Waals surface area contributed by atoms with Crippen molar-refractivity contribution >= 4 is 5.91 Å². The van der Waals surface area contributed by atoms with Gasteiger partial charge in [0, 0.05) is 25.6 Å². The first-order valence-electron chi connectivity index (χ1n) is 11.3. The third-order valence-electron chi connectivity index (χ3n) is 6.13. The monoisotopic (exact) mass is 484 g/mol. The number of likely N-dealkylation sites (N-methyl/N-ethyl adjacent to an activating group) is 1. The zero-order valence-corrected chi connectivity index (χ0v) is 19.5. The maximum atomic E-state index is 13.4. The Hall–Kier alpha value is -3.52. The van der Waals surface area contributed by atoms with E-state index in [0.29, 0.717) is 12.4 Å². The normalized spacial score (nSPS) is 13.6. The molecule has 184 valence electrons. The number of carbonyl (C=O) groups excluding carboxylic acids is 1. The van der Waals surface area contributed by atoms with Gasteiger partial charge in [0.2, 0.25) is 5.91 Å². The van der Waals surface area contributed by atoms with Crippen molar-refractivity contribution in [3.63, 3.8) is 0 Å². The minimum atomic E-state index is -4.49. The van der Waals surface area contributed by atoms with Crippen LogP contribution in [0.2, 0.25) is 0 Å². The number of hydrogen-bond donors (Lipinski definition) is 2. The van der Waals surface area contributed by atoms with Crippen molar-refractivity contribution in [2.75, 3.05) is 20.8 Å². The molecule has 1 aliphatic rings. The predicted octanol–water partition coefficient (Wildman–Crippen LogP) is 4.76. The molecule has 0 aromatic heterocycles. The first-order chi connectivity index (χ1) is 16.8. The number of rotatable bonds is 8. The Morgan fingerprint density at radius 1 is 1.11 bits per heavy atom. The Labute approximate surface area is 202 Å². The molecule has 3 aromatic rings. The van der Waals surface area contributed by atoms with Crippen LogP contribution in [0, 0.1) is 0 Å². The number of carbonyl (C=O) groups is 1. The summed E-state index contributed by atoms with van der Waals surface area (Å²) in [6.07, 6.45) is -3.72. The lowest BCUT2D eigenvalue weighted by molar-refractivity contribution is -0.138. The highest BCUT2D eigenvalue weighted by atomic mass is 19.4. The van der Waals surface area contributed by atoms with Gasteiger partial charge in [-0.1, -0.05) is 36.4 Å². The van der Waals surface area contributed by atoms with E-state index in [1.54, 1.807) is 13.2 Å². The minimum absolute atomic E-state index is 0.0645. The molecule has 0 radical (unpaired) electrons. The molecule has 0 aliphatic carbocycles. The van der Waals surface area contributed by atoms with Gasteiger partial charge in [0.15, 0.2) is 0 Å². The lowest BCUT2D eigenvalue weighted by Crippen LogP contribution is -2.44. The van der Waals surface area contributed by atoms with E-state index in [1.165, 1.54) is 19.2 Å². The summed E-state index contributed by atoms with van der Waals surface area (Å²) in [6.45, 7) is 0.960. The Balaban J connectivity index is 1.52. The van der Waals surface area contributed by atoms with Crippen LogP contribution in [0.4, 0.5) is 13.2 Å². The molecule has 3 aromatic carbocycles. The predicted molar refractivity (Wildman–Crippen MR) is 127 cm³/mol. The standard InChI is InChI=1S/C27H27F3N2O3/c1-31-26(33)23(15-19-5-3-4-6-22(19)27(28,29)30)32-16-17-7-9-21(25(13-17)34-2)18-8-10-24-20(14-18)11-12-35-24/h3-10,13-14,23,32H,11-12,15-16H2,1-2H3,(H,31,33)/t23-/m0/s1. The Kier molecular flexibility index (Phi) is 7.31. The molecule has 1 amide bonds. The third kappa shape index (κ3) is 5.59. The molecule has 0 unspecified atom stereocenters. The number of hydrogen-bond acceptors (Lipinski definition) is 4. The molecule has 5 nitrogen and oxygen atoms in total. The lowest BCUT2D eigenvalue weighted by Gasteiger charge is -2.20. The Bertz CT molecular complexity index is 1210. The van der Waals surface area contributed by atoms with Gasteiger partial charge in [-0.3, -0.25) is 4.79 Å². The van der Waals surface area contributed by atoms with Gasteiger partial charge in [-0.05, 0) is 52.9 Å². The summed E-state index contributed by atoms with van der Waals surface area (Å²) < 4.78 is 51.5. The number of ether oxygens (including phenoxy) is 2. The van der Waals surface area contributed by atoms with E-state index < -0.39 is 17.8 Å². The average Bonchev–Trinajstić information content (AvgIpc) is 3.33. The quantitative estimate of drug-likeness (QED) is 0.484. The fourth-order valence-electron chi connectivity index (χ4n) is 4.31. The van der Waals surface area contributed by atoms with Gasteiger partial charge in [0.1, 0.15) is 11.5 Å². The molecule has 0 fully saturated rings. The molecule has 0 saturated carbocycles. The second-order valence-electron chi connectivity index (χ2n) is 8.36. The largest absolute Gasteiger partial charge is 0.496 e. The summed E-state index contributed by atoms with van der Waals surface area (Å²) in [6, 6.07) is 16.3. The van der Waals surface area contributed by atoms with E-state index in [1.807, 2.05) is 30.3 Å². The second-order valence-corrected chi connectivity index (χ2v) is 8.36. The number of fused-ring (bicyclic) bond motifs is 1.